The van der Waals surface area contributed by atoms with Gasteiger partial charge in [-0.15, -0.1) is 0 Å². The zero-order valence-corrected chi connectivity index (χ0v) is 16.2. The lowest BCUT2D eigenvalue weighted by Crippen LogP contribution is -2.11. The lowest BCUT2D eigenvalue weighted by atomic mass is 10.1. The largest absolute Gasteiger partial charge is 0.497 e. The molecule has 5 nitrogen and oxygen atoms in total. The van der Waals surface area contributed by atoms with E-state index in [4.69, 9.17) is 20.8 Å². The molecule has 1 heterocycles. The number of methoxy groups -OCH3 is 1. The molecule has 0 aliphatic carbocycles. The summed E-state index contributed by atoms with van der Waals surface area (Å²) >= 11 is 5.93. The van der Waals surface area contributed by atoms with E-state index < -0.39 is 0 Å². The number of amides is 1. The van der Waals surface area contributed by atoms with Gasteiger partial charge in [0.15, 0.2) is 5.43 Å². The fourth-order valence-corrected chi connectivity index (χ4v) is 3.15. The van der Waals surface area contributed by atoms with Crippen molar-refractivity contribution in [3.8, 4) is 17.1 Å². The molecule has 4 rings (SSSR count). The van der Waals surface area contributed by atoms with Crippen molar-refractivity contribution in [1.82, 2.24) is 0 Å². The minimum absolute atomic E-state index is 0.154. The molecule has 1 aromatic heterocycles. The third-order valence-electron chi connectivity index (χ3n) is 4.45. The molecule has 29 heavy (non-hydrogen) atoms. The molecule has 0 radical (unpaired) electrons. The van der Waals surface area contributed by atoms with Gasteiger partial charge in [0.25, 0.3) is 5.91 Å². The fourth-order valence-electron chi connectivity index (χ4n) is 2.96. The maximum absolute atomic E-state index is 12.5. The van der Waals surface area contributed by atoms with Crippen LogP contribution in [0.3, 0.4) is 0 Å². The maximum atomic E-state index is 12.5. The highest BCUT2D eigenvalue weighted by atomic mass is 35.5. The van der Waals surface area contributed by atoms with E-state index in [0.717, 1.165) is 5.56 Å². The molecule has 3 aromatic carbocycles. The van der Waals surface area contributed by atoms with Crippen molar-refractivity contribution in [3.63, 3.8) is 0 Å². The van der Waals surface area contributed by atoms with E-state index in [1.807, 2.05) is 0 Å². The van der Waals surface area contributed by atoms with Gasteiger partial charge in [0, 0.05) is 27.9 Å². The second kappa shape index (κ2) is 7.81. The van der Waals surface area contributed by atoms with E-state index in [1.54, 1.807) is 73.8 Å². The first kappa shape index (κ1) is 18.8. The third kappa shape index (κ3) is 4.00. The number of fused-ring (bicyclic) bond motifs is 1. The fraction of sp³-hybridized carbons (Fsp3) is 0.0435. The number of carbonyl (C=O) groups is 1. The molecule has 1 amide bonds. The van der Waals surface area contributed by atoms with Crippen molar-refractivity contribution >= 4 is 34.2 Å². The highest BCUT2D eigenvalue weighted by Gasteiger charge is 2.10. The Balaban J connectivity index is 1.59. The van der Waals surface area contributed by atoms with E-state index >= 15 is 0 Å². The van der Waals surface area contributed by atoms with Crippen LogP contribution in [0.1, 0.15) is 10.4 Å². The number of hydrogen-bond donors (Lipinski definition) is 1. The Morgan fingerprint density at radius 2 is 1.79 bits per heavy atom. The average molecular weight is 406 g/mol. The molecule has 6 heteroatoms. The summed E-state index contributed by atoms with van der Waals surface area (Å²) in [6.07, 6.45) is 0. The molecule has 1 N–H and O–H groups in total. The smallest absolute Gasteiger partial charge is 0.255 e. The minimum Gasteiger partial charge on any atom is -0.497 e. The summed E-state index contributed by atoms with van der Waals surface area (Å²) in [5, 5.41) is 3.77. The second-order valence-electron chi connectivity index (χ2n) is 6.38. The zero-order valence-electron chi connectivity index (χ0n) is 15.4. The monoisotopic (exact) mass is 405 g/mol. The molecule has 0 saturated carbocycles. The van der Waals surface area contributed by atoms with Crippen LogP contribution in [0, 0.1) is 0 Å². The molecule has 4 aromatic rings. The van der Waals surface area contributed by atoms with Crippen molar-refractivity contribution in [2.24, 2.45) is 0 Å². The van der Waals surface area contributed by atoms with Crippen molar-refractivity contribution < 1.29 is 13.9 Å². The number of ether oxygens (including phenoxy) is 1. The summed E-state index contributed by atoms with van der Waals surface area (Å²) in [5.41, 5.74) is 2.13. The van der Waals surface area contributed by atoms with Gasteiger partial charge in [-0.05, 0) is 60.7 Å². The molecular formula is C23H16ClNO4. The van der Waals surface area contributed by atoms with E-state index in [0.29, 0.717) is 38.8 Å². The van der Waals surface area contributed by atoms with Crippen LogP contribution < -0.4 is 15.5 Å². The molecule has 0 aliphatic rings. The predicted molar refractivity (Wildman–Crippen MR) is 114 cm³/mol. The Labute approximate surface area is 171 Å². The van der Waals surface area contributed by atoms with Gasteiger partial charge in [-0.2, -0.15) is 0 Å². The highest BCUT2D eigenvalue weighted by molar-refractivity contribution is 6.31. The molecule has 0 unspecified atom stereocenters. The van der Waals surface area contributed by atoms with Crippen LogP contribution in [0.15, 0.2) is 82.0 Å². The topological polar surface area (TPSA) is 68.5 Å². The Hall–Kier alpha value is -3.57. The summed E-state index contributed by atoms with van der Waals surface area (Å²) < 4.78 is 11.0. The van der Waals surface area contributed by atoms with Crippen molar-refractivity contribution in [2.45, 2.75) is 0 Å². The SMILES string of the molecule is COc1ccc2oc(-c3ccc(NC(=O)c4cccc(Cl)c4)cc3)cc(=O)c2c1. The minimum atomic E-state index is -0.258. The third-order valence-corrected chi connectivity index (χ3v) is 4.68. The van der Waals surface area contributed by atoms with Gasteiger partial charge in [-0.1, -0.05) is 17.7 Å². The number of hydrogen-bond acceptors (Lipinski definition) is 4. The number of carbonyl (C=O) groups excluding carboxylic acids is 1. The number of nitrogens with one attached hydrogen (secondary N) is 1. The molecule has 0 spiro atoms. The summed E-state index contributed by atoms with van der Waals surface area (Å²) in [5.74, 6) is 0.782. The van der Waals surface area contributed by atoms with E-state index in [2.05, 4.69) is 5.32 Å². The molecule has 0 fully saturated rings. The molecular weight excluding hydrogens is 390 g/mol. The first-order valence-corrected chi connectivity index (χ1v) is 9.20. The van der Waals surface area contributed by atoms with Crippen LogP contribution in [-0.4, -0.2) is 13.0 Å². The average Bonchev–Trinajstić information content (AvgIpc) is 2.74. The van der Waals surface area contributed by atoms with E-state index in [1.165, 1.54) is 6.07 Å². The zero-order chi connectivity index (χ0) is 20.4. The van der Waals surface area contributed by atoms with Crippen LogP contribution in [0.25, 0.3) is 22.3 Å². The number of anilines is 1. The summed E-state index contributed by atoms with van der Waals surface area (Å²) in [4.78, 5) is 24.8. The van der Waals surface area contributed by atoms with Crippen molar-refractivity contribution in [3.05, 3.63) is 93.6 Å². The molecule has 0 atom stereocenters. The van der Waals surface area contributed by atoms with Crippen LogP contribution in [0.2, 0.25) is 5.02 Å². The Kier molecular flexibility index (Phi) is 5.06. The maximum Gasteiger partial charge on any atom is 0.255 e. The predicted octanol–water partition coefficient (Wildman–Crippen LogP) is 5.37. The van der Waals surface area contributed by atoms with Crippen LogP contribution >= 0.6 is 11.6 Å². The lowest BCUT2D eigenvalue weighted by Gasteiger charge is -2.08. The molecule has 144 valence electrons. The van der Waals surface area contributed by atoms with Crippen LogP contribution in [0.4, 0.5) is 5.69 Å². The normalized spacial score (nSPS) is 10.7. The van der Waals surface area contributed by atoms with Crippen molar-refractivity contribution in [2.75, 3.05) is 12.4 Å². The Bertz CT molecular complexity index is 1260. The summed E-state index contributed by atoms with van der Waals surface area (Å²) in [7, 11) is 1.55. The van der Waals surface area contributed by atoms with Gasteiger partial charge in [0.05, 0.1) is 12.5 Å². The standard InChI is InChI=1S/C23H16ClNO4/c1-28-18-9-10-21-19(12-18)20(26)13-22(29-21)14-5-7-17(8-6-14)25-23(27)15-3-2-4-16(24)11-15/h2-13H,1H3,(H,25,27). The van der Waals surface area contributed by atoms with E-state index in [9.17, 15) is 9.59 Å². The first-order valence-electron chi connectivity index (χ1n) is 8.83. The Morgan fingerprint density at radius 1 is 1.00 bits per heavy atom. The Morgan fingerprint density at radius 3 is 2.52 bits per heavy atom. The van der Waals surface area contributed by atoms with Gasteiger partial charge in [0.2, 0.25) is 0 Å². The molecule has 0 aliphatic heterocycles. The number of benzene rings is 3. The van der Waals surface area contributed by atoms with Gasteiger partial charge in [-0.3, -0.25) is 9.59 Å². The number of rotatable bonds is 4. The van der Waals surface area contributed by atoms with Gasteiger partial charge >= 0.3 is 0 Å². The lowest BCUT2D eigenvalue weighted by molar-refractivity contribution is 0.102. The molecule has 0 bridgehead atoms. The quantitative estimate of drug-likeness (QED) is 0.495. The second-order valence-corrected chi connectivity index (χ2v) is 6.82. The number of halogens is 1. The van der Waals surface area contributed by atoms with Crippen LogP contribution in [-0.2, 0) is 0 Å². The molecule has 0 saturated heterocycles. The summed E-state index contributed by atoms with van der Waals surface area (Å²) in [6.45, 7) is 0. The van der Waals surface area contributed by atoms with E-state index in [-0.39, 0.29) is 11.3 Å². The van der Waals surface area contributed by atoms with Gasteiger partial charge in [-0.25, -0.2) is 0 Å². The van der Waals surface area contributed by atoms with Crippen LogP contribution in [0.5, 0.6) is 5.75 Å². The van der Waals surface area contributed by atoms with Crippen molar-refractivity contribution in [1.29, 1.82) is 0 Å². The highest BCUT2D eigenvalue weighted by Crippen LogP contribution is 2.26. The van der Waals surface area contributed by atoms with Gasteiger partial charge in [0.1, 0.15) is 17.1 Å². The first-order chi connectivity index (χ1) is 14.0. The van der Waals surface area contributed by atoms with Gasteiger partial charge < -0.3 is 14.5 Å². The summed E-state index contributed by atoms with van der Waals surface area (Å²) in [6, 6.07) is 20.3.